The van der Waals surface area contributed by atoms with Crippen molar-refractivity contribution in [2.75, 3.05) is 5.73 Å². The fourth-order valence-electron chi connectivity index (χ4n) is 3.35. The molecule has 3 nitrogen and oxygen atoms in total. The Labute approximate surface area is 127 Å². The van der Waals surface area contributed by atoms with Gasteiger partial charge in [-0.2, -0.15) is 0 Å². The maximum absolute atomic E-state index is 6.08. The van der Waals surface area contributed by atoms with E-state index in [0.29, 0.717) is 5.82 Å². The average molecular weight is 335 g/mol. The number of rotatable bonds is 3. The van der Waals surface area contributed by atoms with Crippen molar-refractivity contribution in [3.63, 3.8) is 0 Å². The highest BCUT2D eigenvalue weighted by molar-refractivity contribution is 9.10. The van der Waals surface area contributed by atoms with E-state index in [-0.39, 0.29) is 5.41 Å². The molecule has 1 aromatic heterocycles. The minimum Gasteiger partial charge on any atom is -0.380 e. The number of benzene rings is 1. The van der Waals surface area contributed by atoms with E-state index in [1.807, 2.05) is 12.1 Å². The predicted octanol–water partition coefficient (Wildman–Crippen LogP) is 4.91. The van der Waals surface area contributed by atoms with Crippen LogP contribution in [0, 0.1) is 0 Å². The van der Waals surface area contributed by atoms with Crippen molar-refractivity contribution < 1.29 is 4.52 Å². The highest BCUT2D eigenvalue weighted by atomic mass is 79.9. The zero-order chi connectivity index (χ0) is 14.2. The third-order valence-electron chi connectivity index (χ3n) is 4.57. The van der Waals surface area contributed by atoms with Gasteiger partial charge in [0.25, 0.3) is 0 Å². The van der Waals surface area contributed by atoms with Gasteiger partial charge in [-0.05, 0) is 37.0 Å². The number of aromatic nitrogens is 1. The number of halogens is 1. The minimum absolute atomic E-state index is 0.118. The average Bonchev–Trinajstić information content (AvgIpc) is 3.07. The Morgan fingerprint density at radius 2 is 1.90 bits per heavy atom. The smallest absolute Gasteiger partial charge is 0.175 e. The van der Waals surface area contributed by atoms with Crippen LogP contribution in [0.25, 0.3) is 11.1 Å². The first-order valence-corrected chi connectivity index (χ1v) is 7.97. The van der Waals surface area contributed by atoms with Crippen LogP contribution in [0.4, 0.5) is 5.82 Å². The number of nitrogens with two attached hydrogens (primary N) is 1. The van der Waals surface area contributed by atoms with Crippen LogP contribution in [0.2, 0.25) is 0 Å². The first-order chi connectivity index (χ1) is 9.66. The molecule has 2 N–H and O–H groups in total. The number of hydrogen-bond donors (Lipinski definition) is 1. The lowest BCUT2D eigenvalue weighted by molar-refractivity contribution is 0.284. The van der Waals surface area contributed by atoms with Crippen molar-refractivity contribution in [3.8, 4) is 11.1 Å². The largest absolute Gasteiger partial charge is 0.380 e. The highest BCUT2D eigenvalue weighted by Crippen LogP contribution is 2.48. The van der Waals surface area contributed by atoms with Gasteiger partial charge in [0.15, 0.2) is 11.6 Å². The van der Waals surface area contributed by atoms with E-state index in [2.05, 4.69) is 40.1 Å². The number of nitrogens with zero attached hydrogens (tertiary/aromatic N) is 1. The van der Waals surface area contributed by atoms with Crippen molar-refractivity contribution in [1.29, 1.82) is 0 Å². The van der Waals surface area contributed by atoms with Crippen molar-refractivity contribution in [2.45, 2.75) is 44.4 Å². The Morgan fingerprint density at radius 3 is 2.50 bits per heavy atom. The molecule has 0 saturated heterocycles. The van der Waals surface area contributed by atoms with Gasteiger partial charge in [0.1, 0.15) is 0 Å². The lowest BCUT2D eigenvalue weighted by atomic mass is 9.78. The van der Waals surface area contributed by atoms with Crippen LogP contribution in [0.15, 0.2) is 33.3 Å². The molecule has 1 heterocycles. The van der Waals surface area contributed by atoms with E-state index in [4.69, 9.17) is 10.3 Å². The summed E-state index contributed by atoms with van der Waals surface area (Å²) in [5, 5.41) is 4.04. The van der Waals surface area contributed by atoms with Gasteiger partial charge in [-0.15, -0.1) is 0 Å². The summed E-state index contributed by atoms with van der Waals surface area (Å²) in [5.74, 6) is 1.49. The van der Waals surface area contributed by atoms with Gasteiger partial charge in [-0.1, -0.05) is 53.0 Å². The summed E-state index contributed by atoms with van der Waals surface area (Å²) >= 11 is 3.47. The van der Waals surface area contributed by atoms with Crippen LogP contribution in [-0.2, 0) is 5.41 Å². The topological polar surface area (TPSA) is 52.0 Å². The summed E-state index contributed by atoms with van der Waals surface area (Å²) in [5.41, 5.74) is 8.27. The fourth-order valence-corrected chi connectivity index (χ4v) is 3.62. The predicted molar refractivity (Wildman–Crippen MR) is 84.5 cm³/mol. The first-order valence-electron chi connectivity index (χ1n) is 7.18. The van der Waals surface area contributed by atoms with Crippen molar-refractivity contribution in [2.24, 2.45) is 0 Å². The molecule has 0 spiro atoms. The Hall–Kier alpha value is -1.29. The van der Waals surface area contributed by atoms with Crippen LogP contribution in [0.3, 0.4) is 0 Å². The van der Waals surface area contributed by atoms with E-state index < -0.39 is 0 Å². The summed E-state index contributed by atoms with van der Waals surface area (Å²) in [6.07, 6.45) is 5.93. The first kappa shape index (κ1) is 13.7. The van der Waals surface area contributed by atoms with Crippen molar-refractivity contribution >= 4 is 21.7 Å². The summed E-state index contributed by atoms with van der Waals surface area (Å²) in [6, 6.07) is 8.18. The molecule has 1 fully saturated rings. The molecule has 0 radical (unpaired) electrons. The molecule has 1 aromatic carbocycles. The molecule has 3 rings (SSSR count). The van der Waals surface area contributed by atoms with Crippen LogP contribution < -0.4 is 5.73 Å². The van der Waals surface area contributed by atoms with Gasteiger partial charge in [-0.25, -0.2) is 0 Å². The summed E-state index contributed by atoms with van der Waals surface area (Å²) in [6.45, 7) is 2.23. The Bertz CT molecular complexity index is 597. The van der Waals surface area contributed by atoms with Crippen LogP contribution in [-0.4, -0.2) is 5.16 Å². The van der Waals surface area contributed by atoms with Crippen LogP contribution >= 0.6 is 15.9 Å². The van der Waals surface area contributed by atoms with Crippen LogP contribution in [0.5, 0.6) is 0 Å². The molecule has 0 amide bonds. The Balaban J connectivity index is 2.12. The second kappa shape index (κ2) is 5.24. The van der Waals surface area contributed by atoms with E-state index in [1.165, 1.54) is 25.7 Å². The maximum Gasteiger partial charge on any atom is 0.175 e. The number of hydrogen-bond acceptors (Lipinski definition) is 3. The van der Waals surface area contributed by atoms with Gasteiger partial charge < -0.3 is 10.3 Å². The second-order valence-electron chi connectivity index (χ2n) is 5.62. The van der Waals surface area contributed by atoms with E-state index in [1.54, 1.807) is 0 Å². The molecule has 0 bridgehead atoms. The normalized spacial score (nSPS) is 17.5. The monoisotopic (exact) mass is 334 g/mol. The standard InChI is InChI=1S/C16H19BrN2O/c1-2-16(9-3-4-10-16)14-13(15(18)19-20-14)11-5-7-12(17)8-6-11/h5-8H,2-4,9-10H2,1H3,(H2,18,19). The van der Waals surface area contributed by atoms with Gasteiger partial charge >= 0.3 is 0 Å². The highest BCUT2D eigenvalue weighted by Gasteiger charge is 2.40. The van der Waals surface area contributed by atoms with Crippen molar-refractivity contribution in [3.05, 3.63) is 34.5 Å². The molecule has 1 aliphatic rings. The van der Waals surface area contributed by atoms with Gasteiger partial charge in [0.2, 0.25) is 0 Å². The molecule has 2 aromatic rings. The van der Waals surface area contributed by atoms with Gasteiger partial charge in [0, 0.05) is 9.89 Å². The van der Waals surface area contributed by atoms with Gasteiger partial charge in [0.05, 0.1) is 5.56 Å². The SMILES string of the molecule is CCC1(c2onc(N)c2-c2ccc(Br)cc2)CCCC1. The third-order valence-corrected chi connectivity index (χ3v) is 5.10. The quantitative estimate of drug-likeness (QED) is 0.867. The zero-order valence-corrected chi connectivity index (χ0v) is 13.2. The van der Waals surface area contributed by atoms with Crippen LogP contribution in [0.1, 0.15) is 44.8 Å². The lowest BCUT2D eigenvalue weighted by Crippen LogP contribution is -2.21. The third kappa shape index (κ3) is 2.16. The zero-order valence-electron chi connectivity index (χ0n) is 11.7. The minimum atomic E-state index is 0.118. The van der Waals surface area contributed by atoms with E-state index >= 15 is 0 Å². The summed E-state index contributed by atoms with van der Waals surface area (Å²) in [4.78, 5) is 0. The molecule has 0 atom stereocenters. The fraction of sp³-hybridized carbons (Fsp3) is 0.438. The number of nitrogen functional groups attached to an aromatic ring is 1. The second-order valence-corrected chi connectivity index (χ2v) is 6.54. The molecular weight excluding hydrogens is 316 g/mol. The molecular formula is C16H19BrN2O. The Kier molecular flexibility index (Phi) is 3.59. The molecule has 1 aliphatic carbocycles. The molecule has 1 saturated carbocycles. The molecule has 0 aliphatic heterocycles. The molecule has 20 heavy (non-hydrogen) atoms. The van der Waals surface area contributed by atoms with Gasteiger partial charge in [-0.3, -0.25) is 0 Å². The summed E-state index contributed by atoms with van der Waals surface area (Å²) in [7, 11) is 0. The molecule has 106 valence electrons. The van der Waals surface area contributed by atoms with Crippen molar-refractivity contribution in [1.82, 2.24) is 5.16 Å². The number of anilines is 1. The maximum atomic E-state index is 6.08. The van der Waals surface area contributed by atoms with E-state index in [9.17, 15) is 0 Å². The molecule has 4 heteroatoms. The Morgan fingerprint density at radius 1 is 1.25 bits per heavy atom. The van der Waals surface area contributed by atoms with E-state index in [0.717, 1.165) is 27.8 Å². The lowest BCUT2D eigenvalue weighted by Gasteiger charge is -2.25. The summed E-state index contributed by atoms with van der Waals surface area (Å²) < 4.78 is 6.73. The molecule has 0 unspecified atom stereocenters.